The molecule has 19 heavy (non-hydrogen) atoms. The largest absolute Gasteiger partial charge is 0.576 e. The van der Waals surface area contributed by atoms with E-state index in [0.29, 0.717) is 6.54 Å². The molecule has 1 aromatic rings. The van der Waals surface area contributed by atoms with Gasteiger partial charge in [-0.1, -0.05) is 24.3 Å². The molecule has 6 heteroatoms. The second-order valence-corrected chi connectivity index (χ2v) is 5.55. The summed E-state index contributed by atoms with van der Waals surface area (Å²) in [6, 6.07) is 7.49. The molecule has 0 aliphatic rings. The van der Waals surface area contributed by atoms with Crippen LogP contribution >= 0.6 is 0 Å². The monoisotopic (exact) mass is 280 g/mol. The van der Waals surface area contributed by atoms with Gasteiger partial charge in [-0.15, -0.1) is 0 Å². The highest BCUT2D eigenvalue weighted by Gasteiger charge is 2.28. The molecule has 0 aromatic heterocycles. The van der Waals surface area contributed by atoms with Crippen LogP contribution in [0.2, 0.25) is 0 Å². The summed E-state index contributed by atoms with van der Waals surface area (Å²) in [7, 11) is -2.12. The fourth-order valence-electron chi connectivity index (χ4n) is 1.62. The van der Waals surface area contributed by atoms with Gasteiger partial charge < -0.3 is 14.6 Å². The lowest BCUT2D eigenvalue weighted by molar-refractivity contribution is -0.137. The number of aryl methyl sites for hydroxylation is 1. The minimum Gasteiger partial charge on any atom is -0.480 e. The Labute approximate surface area is 114 Å². The van der Waals surface area contributed by atoms with Crippen molar-refractivity contribution in [3.63, 3.8) is 0 Å². The fourth-order valence-corrected chi connectivity index (χ4v) is 3.11. The van der Waals surface area contributed by atoms with E-state index >= 15 is 0 Å². The normalized spacial score (nSPS) is 10.3. The van der Waals surface area contributed by atoms with Gasteiger partial charge in [-0.2, -0.15) is 0 Å². The lowest BCUT2D eigenvalue weighted by Gasteiger charge is -2.15. The van der Waals surface area contributed by atoms with Gasteiger partial charge in [0.15, 0.2) is 0 Å². The summed E-state index contributed by atoms with van der Waals surface area (Å²) in [6.07, 6.45) is 1.59. The van der Waals surface area contributed by atoms with Crippen LogP contribution in [-0.4, -0.2) is 27.8 Å². The van der Waals surface area contributed by atoms with Gasteiger partial charge in [0, 0.05) is 19.0 Å². The van der Waals surface area contributed by atoms with Crippen LogP contribution in [0.5, 0.6) is 0 Å². The van der Waals surface area contributed by atoms with Gasteiger partial charge in [-0.3, -0.25) is 9.59 Å². The van der Waals surface area contributed by atoms with Crippen molar-refractivity contribution in [1.29, 1.82) is 0 Å². The van der Waals surface area contributed by atoms with E-state index in [1.165, 1.54) is 13.8 Å². The third-order valence-electron chi connectivity index (χ3n) is 2.36. The Bertz CT molecular complexity index is 434. The zero-order valence-electron chi connectivity index (χ0n) is 11.1. The Morgan fingerprint density at radius 2 is 1.74 bits per heavy atom. The molecule has 0 saturated heterocycles. The smallest absolute Gasteiger partial charge is 0.480 e. The van der Waals surface area contributed by atoms with Crippen molar-refractivity contribution in [3.05, 3.63) is 29.8 Å². The number of nitrogens with two attached hydrogens (primary N) is 1. The van der Waals surface area contributed by atoms with Crippen LogP contribution in [0.15, 0.2) is 24.3 Å². The molecule has 0 aliphatic carbocycles. The first-order valence-electron chi connectivity index (χ1n) is 6.06. The molecule has 0 aliphatic heterocycles. The van der Waals surface area contributed by atoms with Gasteiger partial charge in [0.25, 0.3) is 11.9 Å². The first-order valence-corrected chi connectivity index (χ1v) is 7.38. The molecule has 2 N–H and O–H groups in total. The van der Waals surface area contributed by atoms with Crippen molar-refractivity contribution in [2.24, 2.45) is 5.73 Å². The van der Waals surface area contributed by atoms with E-state index in [0.717, 1.165) is 23.6 Å². The summed E-state index contributed by atoms with van der Waals surface area (Å²) in [4.78, 5) is 22.3. The molecule has 0 fully saturated rings. The summed E-state index contributed by atoms with van der Waals surface area (Å²) in [6.45, 7) is 3.19. The Kier molecular flexibility index (Phi) is 6.24. The van der Waals surface area contributed by atoms with Gasteiger partial charge in [-0.25, -0.2) is 0 Å². The van der Waals surface area contributed by atoms with E-state index in [4.69, 9.17) is 14.6 Å². The van der Waals surface area contributed by atoms with Gasteiger partial charge in [0.2, 0.25) is 0 Å². The molecule has 0 bridgehead atoms. The second kappa shape index (κ2) is 7.70. The van der Waals surface area contributed by atoms with E-state index in [9.17, 15) is 9.59 Å². The molecule has 1 rings (SSSR count). The first-order chi connectivity index (χ1) is 9.04. The number of carbonyl (C=O) groups is 2. The molecule has 0 unspecified atom stereocenters. The predicted molar refractivity (Wildman–Crippen MR) is 72.7 cm³/mol. The highest BCUT2D eigenvalue weighted by atomic mass is 28.3. The minimum absolute atomic E-state index is 0.455. The highest BCUT2D eigenvalue weighted by molar-refractivity contribution is 6.64. The fraction of sp³-hybridized carbons (Fsp3) is 0.385. The van der Waals surface area contributed by atoms with Crippen molar-refractivity contribution >= 4 is 26.4 Å². The van der Waals surface area contributed by atoms with Crippen LogP contribution < -0.4 is 10.9 Å². The van der Waals surface area contributed by atoms with Gasteiger partial charge in [0.05, 0.1) is 0 Å². The molecule has 0 saturated carbocycles. The number of benzene rings is 1. The van der Waals surface area contributed by atoms with Gasteiger partial charge in [0.1, 0.15) is 0 Å². The summed E-state index contributed by atoms with van der Waals surface area (Å²) in [5.41, 5.74) is 6.51. The molecule has 0 spiro atoms. The van der Waals surface area contributed by atoms with Gasteiger partial charge >= 0.3 is 9.28 Å². The maximum Gasteiger partial charge on any atom is 0.576 e. The van der Waals surface area contributed by atoms with Crippen molar-refractivity contribution in [1.82, 2.24) is 0 Å². The summed E-state index contributed by atoms with van der Waals surface area (Å²) in [5.74, 6) is -0.910. The van der Waals surface area contributed by atoms with E-state index in [2.05, 4.69) is 0 Å². The highest BCUT2D eigenvalue weighted by Crippen LogP contribution is 2.04. The molecule has 103 valence electrons. The average molecular weight is 280 g/mol. The van der Waals surface area contributed by atoms with E-state index in [-0.39, 0.29) is 0 Å². The molecular weight excluding hydrogens is 262 g/mol. The van der Waals surface area contributed by atoms with Crippen LogP contribution in [0.3, 0.4) is 0 Å². The molecule has 0 amide bonds. The van der Waals surface area contributed by atoms with Crippen molar-refractivity contribution in [2.75, 3.05) is 6.54 Å². The number of carbonyl (C=O) groups excluding carboxylic acids is 2. The maximum atomic E-state index is 11.1. The summed E-state index contributed by atoms with van der Waals surface area (Å²) >= 11 is 0. The van der Waals surface area contributed by atoms with Crippen molar-refractivity contribution in [2.45, 2.75) is 26.7 Å². The molecule has 0 atom stereocenters. The zero-order chi connectivity index (χ0) is 14.3. The third-order valence-corrected chi connectivity index (χ3v) is 4.23. The average Bonchev–Trinajstić information content (AvgIpc) is 2.35. The minimum atomic E-state index is -2.12. The van der Waals surface area contributed by atoms with E-state index in [1.54, 1.807) is 0 Å². The van der Waals surface area contributed by atoms with Crippen LogP contribution in [0.1, 0.15) is 25.8 Å². The Morgan fingerprint density at radius 3 is 2.26 bits per heavy atom. The van der Waals surface area contributed by atoms with Crippen molar-refractivity contribution < 1.29 is 18.4 Å². The number of hydrogen-bond acceptors (Lipinski definition) is 5. The Hall–Kier alpha value is -1.66. The quantitative estimate of drug-likeness (QED) is 0.763. The van der Waals surface area contributed by atoms with Crippen LogP contribution in [0.4, 0.5) is 0 Å². The SMILES string of the molecule is CC(=O)O[Si](OC(C)=O)c1ccccc1CCCN. The number of rotatable bonds is 6. The second-order valence-electron chi connectivity index (χ2n) is 4.02. The Morgan fingerprint density at radius 1 is 1.16 bits per heavy atom. The third kappa shape index (κ3) is 5.23. The standard InChI is InChI=1S/C13H18NO4Si/c1-10(15)17-19(18-11(2)16)13-8-4-3-6-12(13)7-5-9-14/h3-4,6,8H,5,7,9,14H2,1-2H3. The van der Waals surface area contributed by atoms with Crippen LogP contribution in [-0.2, 0) is 24.9 Å². The van der Waals surface area contributed by atoms with Crippen molar-refractivity contribution in [3.8, 4) is 0 Å². The summed E-state index contributed by atoms with van der Waals surface area (Å²) in [5, 5.41) is 0.784. The molecule has 1 radical (unpaired) electrons. The summed E-state index contributed by atoms with van der Waals surface area (Å²) < 4.78 is 10.3. The van der Waals surface area contributed by atoms with Crippen LogP contribution in [0.25, 0.3) is 0 Å². The topological polar surface area (TPSA) is 78.6 Å². The van der Waals surface area contributed by atoms with Crippen LogP contribution in [0, 0.1) is 0 Å². The lowest BCUT2D eigenvalue weighted by atomic mass is 10.1. The predicted octanol–water partition coefficient (Wildman–Crippen LogP) is 0.399. The molecular formula is C13H18NO4Si. The van der Waals surface area contributed by atoms with E-state index < -0.39 is 21.2 Å². The van der Waals surface area contributed by atoms with Gasteiger partial charge in [-0.05, 0) is 24.9 Å². The number of hydrogen-bond donors (Lipinski definition) is 1. The molecule has 5 nitrogen and oxygen atoms in total. The maximum absolute atomic E-state index is 11.1. The molecule has 0 heterocycles. The lowest BCUT2D eigenvalue weighted by Crippen LogP contribution is -2.41. The Balaban J connectivity index is 2.98. The first kappa shape index (κ1) is 15.4. The zero-order valence-corrected chi connectivity index (χ0v) is 12.1. The molecule has 1 aromatic carbocycles. The van der Waals surface area contributed by atoms with E-state index in [1.807, 2.05) is 24.3 Å².